The molecule has 5 aliphatic carbocycles. The van der Waals surface area contributed by atoms with E-state index in [0.29, 0.717) is 24.8 Å². The average molecular weight is 716 g/mol. The zero-order chi connectivity index (χ0) is 38.1. The largest absolute Gasteiger partial charge is 0.481 e. The van der Waals surface area contributed by atoms with Gasteiger partial charge in [-0.15, -0.1) is 0 Å². The normalized spacial score (nSPS) is 36.8. The van der Waals surface area contributed by atoms with Crippen LogP contribution >= 0.6 is 0 Å². The van der Waals surface area contributed by atoms with Gasteiger partial charge in [0.2, 0.25) is 0 Å². The number of fused-ring (bicyclic) bond motifs is 7. The number of carbonyl (C=O) groups excluding carboxylic acids is 3. The fourth-order valence-electron chi connectivity index (χ4n) is 13.0. The molecular weight excluding hydrogens is 650 g/mol. The fraction of sp³-hybridized carbons (Fsp3) is 0.733. The molecule has 8 atom stereocenters. The SMILES string of the molecule is CC(C)C1=C2[C@H]3CC[C@@H]4[C@@]5(C)CC[C@H](OC(=O)CC(C)(C)C(=O)O)C(C)(C)C5CC[C@@]4(C)[C@]3(C)CC[C@@]2(C(=O)CNCCc2ccccc2)CC1=O. The number of esters is 1. The first-order valence-corrected chi connectivity index (χ1v) is 20.2. The van der Waals surface area contributed by atoms with E-state index in [1.807, 2.05) is 18.2 Å². The van der Waals surface area contributed by atoms with Crippen LogP contribution in [-0.4, -0.2) is 47.8 Å². The number of carbonyl (C=O) groups is 4. The van der Waals surface area contributed by atoms with Crippen LogP contribution in [0.4, 0.5) is 0 Å². The van der Waals surface area contributed by atoms with Gasteiger partial charge in [-0.3, -0.25) is 19.2 Å². The summed E-state index contributed by atoms with van der Waals surface area (Å²) in [6, 6.07) is 10.4. The molecule has 0 aliphatic heterocycles. The third-order valence-electron chi connectivity index (χ3n) is 16.1. The minimum atomic E-state index is -1.17. The molecule has 5 aliphatic rings. The van der Waals surface area contributed by atoms with E-state index in [0.717, 1.165) is 69.9 Å². The maximum Gasteiger partial charge on any atom is 0.309 e. The number of Topliss-reactive ketones (excluding diaryl/α,β-unsaturated/α-hetero) is 2. The van der Waals surface area contributed by atoms with Gasteiger partial charge in [0.1, 0.15) is 6.10 Å². The molecule has 7 heteroatoms. The number of ether oxygens (including phenoxy) is 1. The van der Waals surface area contributed by atoms with Crippen molar-refractivity contribution >= 4 is 23.5 Å². The highest BCUT2D eigenvalue weighted by atomic mass is 16.5. The highest BCUT2D eigenvalue weighted by Gasteiger charge is 2.71. The van der Waals surface area contributed by atoms with E-state index in [9.17, 15) is 24.3 Å². The summed E-state index contributed by atoms with van der Waals surface area (Å²) in [5, 5.41) is 13.1. The molecule has 0 saturated heterocycles. The maximum absolute atomic E-state index is 14.5. The number of carboxylic acids is 1. The number of benzene rings is 1. The Bertz CT molecular complexity index is 1620. The van der Waals surface area contributed by atoms with Crippen LogP contribution in [0.5, 0.6) is 0 Å². The molecule has 1 aromatic rings. The van der Waals surface area contributed by atoms with Gasteiger partial charge in [-0.1, -0.05) is 78.8 Å². The van der Waals surface area contributed by atoms with E-state index in [1.165, 1.54) is 11.1 Å². The Labute approximate surface area is 312 Å². The van der Waals surface area contributed by atoms with Crippen LogP contribution in [0, 0.1) is 56.2 Å². The second-order valence-electron chi connectivity index (χ2n) is 19.8. The molecule has 0 heterocycles. The number of hydrogen-bond acceptors (Lipinski definition) is 6. The van der Waals surface area contributed by atoms with Gasteiger partial charge in [0.15, 0.2) is 11.6 Å². The summed E-state index contributed by atoms with van der Waals surface area (Å²) in [5.74, 6) is 0.115. The fourth-order valence-corrected chi connectivity index (χ4v) is 13.0. The quantitative estimate of drug-likeness (QED) is 0.174. The first-order valence-electron chi connectivity index (χ1n) is 20.2. The van der Waals surface area contributed by atoms with Crippen molar-refractivity contribution in [1.82, 2.24) is 5.32 Å². The molecule has 0 spiro atoms. The second kappa shape index (κ2) is 13.5. The summed E-state index contributed by atoms with van der Waals surface area (Å²) in [7, 11) is 0. The maximum atomic E-state index is 14.5. The summed E-state index contributed by atoms with van der Waals surface area (Å²) in [6.45, 7) is 20.6. The Kier molecular flexibility index (Phi) is 10.1. The Morgan fingerprint density at radius 2 is 1.60 bits per heavy atom. The number of allylic oxidation sites excluding steroid dienone is 2. The smallest absolute Gasteiger partial charge is 0.309 e. The van der Waals surface area contributed by atoms with Crippen molar-refractivity contribution in [3.05, 3.63) is 47.0 Å². The van der Waals surface area contributed by atoms with Gasteiger partial charge in [0.05, 0.1) is 23.8 Å². The van der Waals surface area contributed by atoms with Gasteiger partial charge >= 0.3 is 11.9 Å². The van der Waals surface area contributed by atoms with Crippen molar-refractivity contribution in [2.45, 2.75) is 139 Å². The molecule has 0 amide bonds. The molecule has 1 unspecified atom stereocenters. The van der Waals surface area contributed by atoms with Gasteiger partial charge in [-0.2, -0.15) is 0 Å². The van der Waals surface area contributed by atoms with Crippen molar-refractivity contribution in [2.24, 2.45) is 56.2 Å². The number of carboxylic acid groups (broad SMARTS) is 1. The highest BCUT2D eigenvalue weighted by molar-refractivity contribution is 6.07. The third-order valence-corrected chi connectivity index (χ3v) is 16.1. The van der Waals surface area contributed by atoms with E-state index in [4.69, 9.17) is 4.74 Å². The first kappa shape index (κ1) is 38.9. The van der Waals surface area contributed by atoms with E-state index in [-0.39, 0.29) is 57.6 Å². The van der Waals surface area contributed by atoms with Crippen LogP contribution in [0.1, 0.15) is 132 Å². The molecule has 2 N–H and O–H groups in total. The second-order valence-corrected chi connectivity index (χ2v) is 19.8. The number of rotatable bonds is 11. The number of hydrogen-bond donors (Lipinski definition) is 2. The summed E-state index contributed by atoms with van der Waals surface area (Å²) in [5.41, 5.74) is 1.36. The predicted octanol–water partition coefficient (Wildman–Crippen LogP) is 8.78. The van der Waals surface area contributed by atoms with Crippen molar-refractivity contribution in [1.29, 1.82) is 0 Å². The lowest BCUT2D eigenvalue weighted by atomic mass is 9.33. The van der Waals surface area contributed by atoms with Crippen molar-refractivity contribution in [3.63, 3.8) is 0 Å². The third kappa shape index (κ3) is 6.04. The van der Waals surface area contributed by atoms with E-state index >= 15 is 0 Å². The number of nitrogens with one attached hydrogen (secondary N) is 1. The van der Waals surface area contributed by atoms with Crippen molar-refractivity contribution in [2.75, 3.05) is 13.1 Å². The number of aliphatic carboxylic acids is 1. The lowest BCUT2D eigenvalue weighted by molar-refractivity contribution is -0.233. The summed E-state index contributed by atoms with van der Waals surface area (Å²) in [6.07, 6.45) is 8.43. The van der Waals surface area contributed by atoms with Crippen LogP contribution in [0.3, 0.4) is 0 Å². The molecule has 0 radical (unpaired) electrons. The minimum Gasteiger partial charge on any atom is -0.481 e. The van der Waals surface area contributed by atoms with Gasteiger partial charge in [-0.05, 0) is 135 Å². The lowest BCUT2D eigenvalue weighted by Gasteiger charge is -2.72. The molecular formula is C45H65NO6. The zero-order valence-corrected chi connectivity index (χ0v) is 33.5. The topological polar surface area (TPSA) is 110 Å². The molecule has 0 aromatic heterocycles. The Morgan fingerprint density at radius 1 is 0.904 bits per heavy atom. The molecule has 7 nitrogen and oxygen atoms in total. The van der Waals surface area contributed by atoms with Crippen LogP contribution in [0.2, 0.25) is 0 Å². The van der Waals surface area contributed by atoms with Crippen LogP contribution in [-0.2, 0) is 30.3 Å². The van der Waals surface area contributed by atoms with Crippen LogP contribution in [0.25, 0.3) is 0 Å². The molecule has 6 rings (SSSR count). The number of ketones is 2. The van der Waals surface area contributed by atoms with E-state index < -0.39 is 22.8 Å². The Balaban J connectivity index is 1.24. The van der Waals surface area contributed by atoms with Gasteiger partial charge in [0.25, 0.3) is 0 Å². The van der Waals surface area contributed by atoms with Crippen molar-refractivity contribution in [3.8, 4) is 0 Å². The Hall–Kier alpha value is -2.80. The van der Waals surface area contributed by atoms with Gasteiger partial charge < -0.3 is 15.2 Å². The van der Waals surface area contributed by atoms with Gasteiger partial charge in [-0.25, -0.2) is 0 Å². The lowest BCUT2D eigenvalue weighted by Crippen LogP contribution is -2.66. The molecule has 286 valence electrons. The molecule has 4 saturated carbocycles. The standard InChI is InChI=1S/C45H65NO6/c1-28(2)37-31(47)25-45(34(48)27-46-24-19-29-13-11-10-12-14-29)23-22-43(8)30(38(37)45)15-16-33-42(7)20-18-35(52-36(49)26-40(3,4)39(50)51)41(5,6)32(42)17-21-44(33,43)9/h10-14,28,30,32-33,35,46H,15-27H2,1-9H3,(H,50,51)/t30-,32?,33-,35+,42+,43-,44-,45+/m1/s1. The minimum absolute atomic E-state index is 0.0373. The summed E-state index contributed by atoms with van der Waals surface area (Å²) in [4.78, 5) is 53.3. The average Bonchev–Trinajstić information content (AvgIpc) is 3.38. The Morgan fingerprint density at radius 3 is 2.25 bits per heavy atom. The predicted molar refractivity (Wildman–Crippen MR) is 203 cm³/mol. The van der Waals surface area contributed by atoms with Crippen molar-refractivity contribution < 1.29 is 29.0 Å². The first-order chi connectivity index (χ1) is 24.2. The monoisotopic (exact) mass is 715 g/mol. The molecule has 1 aromatic carbocycles. The highest BCUT2D eigenvalue weighted by Crippen LogP contribution is 2.76. The molecule has 4 fully saturated rings. The van der Waals surface area contributed by atoms with Crippen LogP contribution in [0.15, 0.2) is 41.5 Å². The van der Waals surface area contributed by atoms with E-state index in [2.05, 4.69) is 65.9 Å². The molecule has 0 bridgehead atoms. The zero-order valence-electron chi connectivity index (χ0n) is 33.5. The van der Waals surface area contributed by atoms with Crippen LogP contribution < -0.4 is 5.32 Å². The summed E-state index contributed by atoms with van der Waals surface area (Å²) < 4.78 is 6.16. The molecule has 52 heavy (non-hydrogen) atoms. The van der Waals surface area contributed by atoms with Gasteiger partial charge in [0, 0.05) is 11.8 Å². The van der Waals surface area contributed by atoms with E-state index in [1.54, 1.807) is 13.8 Å². The summed E-state index contributed by atoms with van der Waals surface area (Å²) >= 11 is 0.